The van der Waals surface area contributed by atoms with E-state index in [4.69, 9.17) is 5.11 Å². The lowest BCUT2D eigenvalue weighted by Gasteiger charge is -2.08. The van der Waals surface area contributed by atoms with E-state index in [0.717, 1.165) is 16.7 Å². The minimum absolute atomic E-state index is 0.0268. The van der Waals surface area contributed by atoms with Gasteiger partial charge in [-0.25, -0.2) is 14.5 Å². The Hall–Kier alpha value is -3.94. The molecule has 0 fully saturated rings. The highest BCUT2D eigenvalue weighted by Crippen LogP contribution is 2.25. The van der Waals surface area contributed by atoms with Gasteiger partial charge in [0.15, 0.2) is 5.75 Å². The van der Waals surface area contributed by atoms with Gasteiger partial charge in [0.25, 0.3) is 5.56 Å². The molecular formula is C19H14N4O4. The smallest absolute Gasteiger partial charge is 0.449 e. The van der Waals surface area contributed by atoms with E-state index >= 15 is 0 Å². The van der Waals surface area contributed by atoms with Crippen molar-refractivity contribution in [2.45, 2.75) is 6.92 Å². The van der Waals surface area contributed by atoms with Crippen LogP contribution in [0.1, 0.15) is 5.56 Å². The molecule has 0 unspecified atom stereocenters. The first-order chi connectivity index (χ1) is 13.0. The van der Waals surface area contributed by atoms with Crippen molar-refractivity contribution in [3.63, 3.8) is 0 Å². The lowest BCUT2D eigenvalue weighted by atomic mass is 10.00. The van der Waals surface area contributed by atoms with Gasteiger partial charge < -0.3 is 9.84 Å². The van der Waals surface area contributed by atoms with E-state index in [0.29, 0.717) is 10.9 Å². The summed E-state index contributed by atoms with van der Waals surface area (Å²) in [6.07, 6.45) is 1.10. The summed E-state index contributed by atoms with van der Waals surface area (Å²) in [5.41, 5.74) is 3.30. The molecule has 27 heavy (non-hydrogen) atoms. The van der Waals surface area contributed by atoms with Gasteiger partial charge in [-0.15, -0.1) is 0 Å². The molecule has 2 aromatic heterocycles. The summed E-state index contributed by atoms with van der Waals surface area (Å²) in [5.74, 6) is 0.188. The van der Waals surface area contributed by atoms with Crippen LogP contribution in [0.5, 0.6) is 5.75 Å². The minimum atomic E-state index is -1.45. The SMILES string of the molecule is Cc1ccccc1-c1ccc2c(=O)[nH]c(-n3cc(OC(=O)O)cn3)nc2c1. The van der Waals surface area contributed by atoms with Crippen molar-refractivity contribution in [3.8, 4) is 22.8 Å². The number of benzene rings is 2. The highest BCUT2D eigenvalue weighted by atomic mass is 16.7. The van der Waals surface area contributed by atoms with E-state index in [1.807, 2.05) is 43.3 Å². The van der Waals surface area contributed by atoms with Gasteiger partial charge in [0.1, 0.15) is 0 Å². The van der Waals surface area contributed by atoms with Gasteiger partial charge in [-0.2, -0.15) is 5.10 Å². The fourth-order valence-electron chi connectivity index (χ4n) is 2.88. The van der Waals surface area contributed by atoms with Crippen molar-refractivity contribution in [1.29, 1.82) is 0 Å². The molecule has 2 heterocycles. The van der Waals surface area contributed by atoms with Gasteiger partial charge in [0.05, 0.1) is 23.3 Å². The van der Waals surface area contributed by atoms with Gasteiger partial charge in [-0.3, -0.25) is 9.78 Å². The molecule has 0 spiro atoms. The van der Waals surface area contributed by atoms with Crippen molar-refractivity contribution >= 4 is 17.1 Å². The molecule has 4 aromatic rings. The number of aromatic amines is 1. The Balaban J connectivity index is 1.82. The van der Waals surface area contributed by atoms with Crippen molar-refractivity contribution in [1.82, 2.24) is 19.7 Å². The Morgan fingerprint density at radius 3 is 2.81 bits per heavy atom. The summed E-state index contributed by atoms with van der Waals surface area (Å²) < 4.78 is 5.79. The zero-order valence-electron chi connectivity index (χ0n) is 14.2. The summed E-state index contributed by atoms with van der Waals surface area (Å²) in [6.45, 7) is 2.02. The molecule has 0 saturated heterocycles. The average molecular weight is 362 g/mol. The number of carbonyl (C=O) groups is 1. The summed E-state index contributed by atoms with van der Waals surface area (Å²) in [7, 11) is 0. The second-order valence-electron chi connectivity index (χ2n) is 5.92. The van der Waals surface area contributed by atoms with E-state index in [1.54, 1.807) is 6.07 Å². The van der Waals surface area contributed by atoms with E-state index in [-0.39, 0.29) is 17.3 Å². The number of hydrogen-bond donors (Lipinski definition) is 2. The highest BCUT2D eigenvalue weighted by molar-refractivity contribution is 5.84. The number of carboxylic acid groups (broad SMARTS) is 1. The van der Waals surface area contributed by atoms with Crippen LogP contribution in [-0.4, -0.2) is 31.0 Å². The van der Waals surface area contributed by atoms with E-state index < -0.39 is 6.16 Å². The molecule has 0 aliphatic carbocycles. The Kier molecular flexibility index (Phi) is 3.92. The average Bonchev–Trinajstić information content (AvgIpc) is 3.09. The number of aromatic nitrogens is 4. The van der Waals surface area contributed by atoms with Gasteiger partial charge >= 0.3 is 6.16 Å². The third-order valence-corrected chi connectivity index (χ3v) is 4.13. The number of ether oxygens (including phenoxy) is 1. The quantitative estimate of drug-likeness (QED) is 0.542. The predicted molar refractivity (Wildman–Crippen MR) is 98.3 cm³/mol. The maximum atomic E-state index is 12.4. The molecule has 134 valence electrons. The Morgan fingerprint density at radius 2 is 2.04 bits per heavy atom. The van der Waals surface area contributed by atoms with E-state index in [9.17, 15) is 9.59 Å². The van der Waals surface area contributed by atoms with Crippen LogP contribution in [-0.2, 0) is 0 Å². The van der Waals surface area contributed by atoms with Gasteiger partial charge in [0.2, 0.25) is 5.95 Å². The van der Waals surface area contributed by atoms with Crippen molar-refractivity contribution in [3.05, 3.63) is 70.8 Å². The second kappa shape index (κ2) is 6.41. The first-order valence-corrected chi connectivity index (χ1v) is 8.07. The molecule has 0 saturated carbocycles. The number of rotatable bonds is 3. The maximum Gasteiger partial charge on any atom is 0.511 e. The molecule has 2 aromatic carbocycles. The summed E-state index contributed by atoms with van der Waals surface area (Å²) in [4.78, 5) is 30.1. The minimum Gasteiger partial charge on any atom is -0.449 e. The van der Waals surface area contributed by atoms with Crippen LogP contribution in [0.2, 0.25) is 0 Å². The fourth-order valence-corrected chi connectivity index (χ4v) is 2.88. The Morgan fingerprint density at radius 1 is 1.22 bits per heavy atom. The Labute approximate surface area is 152 Å². The van der Waals surface area contributed by atoms with Crippen LogP contribution in [0.25, 0.3) is 28.0 Å². The van der Waals surface area contributed by atoms with E-state index in [2.05, 4.69) is 19.8 Å². The van der Waals surface area contributed by atoms with Crippen LogP contribution in [0.4, 0.5) is 4.79 Å². The molecule has 2 N–H and O–H groups in total. The molecule has 0 bridgehead atoms. The highest BCUT2D eigenvalue weighted by Gasteiger charge is 2.11. The van der Waals surface area contributed by atoms with E-state index in [1.165, 1.54) is 17.1 Å². The normalized spacial score (nSPS) is 10.9. The molecular weight excluding hydrogens is 348 g/mol. The second-order valence-corrected chi connectivity index (χ2v) is 5.92. The molecule has 0 radical (unpaired) electrons. The number of hydrogen-bond acceptors (Lipinski definition) is 5. The summed E-state index contributed by atoms with van der Waals surface area (Å²) in [6, 6.07) is 13.4. The maximum absolute atomic E-state index is 12.4. The number of nitrogens with zero attached hydrogens (tertiary/aromatic N) is 3. The summed E-state index contributed by atoms with van der Waals surface area (Å²) >= 11 is 0. The number of nitrogens with one attached hydrogen (secondary N) is 1. The van der Waals surface area contributed by atoms with Crippen LogP contribution in [0.15, 0.2) is 59.7 Å². The monoisotopic (exact) mass is 362 g/mol. The number of H-pyrrole nitrogens is 1. The standard InChI is InChI=1S/C19H14N4O4/c1-11-4-2-3-5-14(11)12-6-7-15-16(8-12)21-18(22-17(15)24)23-10-13(9-20-23)27-19(25)26/h2-10H,1H3,(H,25,26)(H,21,22,24). The molecule has 4 rings (SSSR count). The van der Waals surface area contributed by atoms with Crippen LogP contribution in [0, 0.1) is 6.92 Å². The molecule has 0 aliphatic heterocycles. The molecule has 0 aliphatic rings. The largest absolute Gasteiger partial charge is 0.511 e. The van der Waals surface area contributed by atoms with Gasteiger partial charge in [-0.05, 0) is 35.7 Å². The Bertz CT molecular complexity index is 1230. The lowest BCUT2D eigenvalue weighted by Crippen LogP contribution is -2.13. The third kappa shape index (κ3) is 3.15. The topological polar surface area (TPSA) is 110 Å². The van der Waals surface area contributed by atoms with Crippen LogP contribution < -0.4 is 10.3 Å². The molecule has 0 amide bonds. The molecule has 0 atom stereocenters. The lowest BCUT2D eigenvalue weighted by molar-refractivity contribution is 0.144. The van der Waals surface area contributed by atoms with Gasteiger partial charge in [-0.1, -0.05) is 30.3 Å². The fraction of sp³-hybridized carbons (Fsp3) is 0.0526. The summed E-state index contributed by atoms with van der Waals surface area (Å²) in [5, 5.41) is 13.1. The zero-order valence-corrected chi connectivity index (χ0v) is 14.2. The van der Waals surface area contributed by atoms with Crippen LogP contribution in [0.3, 0.4) is 0 Å². The van der Waals surface area contributed by atoms with Crippen molar-refractivity contribution < 1.29 is 14.6 Å². The number of aryl methyl sites for hydroxylation is 1. The van der Waals surface area contributed by atoms with Gasteiger partial charge in [0, 0.05) is 0 Å². The predicted octanol–water partition coefficient (Wildman–Crippen LogP) is 3.14. The first kappa shape index (κ1) is 16.5. The van der Waals surface area contributed by atoms with Crippen LogP contribution >= 0.6 is 0 Å². The molecule has 8 nitrogen and oxygen atoms in total. The first-order valence-electron chi connectivity index (χ1n) is 8.07. The third-order valence-electron chi connectivity index (χ3n) is 4.13. The molecule has 8 heteroatoms. The number of fused-ring (bicyclic) bond motifs is 1. The van der Waals surface area contributed by atoms with Crippen molar-refractivity contribution in [2.24, 2.45) is 0 Å². The van der Waals surface area contributed by atoms with Crippen molar-refractivity contribution in [2.75, 3.05) is 0 Å². The zero-order chi connectivity index (χ0) is 19.0.